The first-order valence-corrected chi connectivity index (χ1v) is 4.51. The second-order valence-electron chi connectivity index (χ2n) is 1.69. The molecule has 1 aliphatic heterocycles. The average molecular weight is 154 g/mol. The SMILES string of the molecule is O=S1(=O)CCC(P)O1. The minimum absolute atomic E-state index is 0.168. The summed E-state index contributed by atoms with van der Waals surface area (Å²) in [4.78, 5) is 0. The monoisotopic (exact) mass is 154 g/mol. The van der Waals surface area contributed by atoms with Gasteiger partial charge < -0.3 is 0 Å². The number of hydrogen-bond donors (Lipinski definition) is 0. The van der Waals surface area contributed by atoms with Gasteiger partial charge in [-0.15, -0.1) is 9.24 Å². The molecule has 0 aromatic rings. The maximum atomic E-state index is 10.4. The summed E-state index contributed by atoms with van der Waals surface area (Å²) in [7, 11) is -0.803. The highest BCUT2D eigenvalue weighted by Gasteiger charge is 2.24. The molecule has 0 spiro atoms. The molecule has 1 saturated heterocycles. The maximum Gasteiger partial charge on any atom is 0.268 e. The van der Waals surface area contributed by atoms with Crippen molar-refractivity contribution in [2.75, 3.05) is 5.75 Å². The third kappa shape index (κ3) is 1.41. The quantitative estimate of drug-likeness (QED) is 0.362. The Morgan fingerprint density at radius 2 is 2.25 bits per heavy atom. The normalized spacial score (nSPS) is 35.4. The topological polar surface area (TPSA) is 43.4 Å². The molecule has 48 valence electrons. The van der Waals surface area contributed by atoms with Crippen LogP contribution < -0.4 is 0 Å². The summed E-state index contributed by atoms with van der Waals surface area (Å²) in [6.07, 6.45) is 0.604. The van der Waals surface area contributed by atoms with Gasteiger partial charge in [-0.05, 0) is 6.42 Å². The van der Waals surface area contributed by atoms with Gasteiger partial charge in [-0.25, -0.2) is 0 Å². The van der Waals surface area contributed by atoms with Gasteiger partial charge in [0, 0.05) is 0 Å². The Balaban J connectivity index is 2.71. The zero-order valence-corrected chi connectivity index (χ0v) is 6.17. The smallest absolute Gasteiger partial charge is 0.263 e. The second-order valence-corrected chi connectivity index (χ2v) is 4.14. The molecule has 1 heterocycles. The summed E-state index contributed by atoms with van der Waals surface area (Å²) < 4.78 is 25.3. The highest BCUT2D eigenvalue weighted by molar-refractivity contribution is 7.87. The van der Waals surface area contributed by atoms with Crippen LogP contribution in [0.1, 0.15) is 6.42 Å². The van der Waals surface area contributed by atoms with E-state index in [1.54, 1.807) is 0 Å². The second kappa shape index (κ2) is 1.94. The molecule has 0 aliphatic carbocycles. The lowest BCUT2D eigenvalue weighted by Crippen LogP contribution is -1.99. The molecule has 3 nitrogen and oxygen atoms in total. The van der Waals surface area contributed by atoms with Gasteiger partial charge in [-0.2, -0.15) is 8.42 Å². The molecule has 0 bridgehead atoms. The fourth-order valence-corrected chi connectivity index (χ4v) is 2.55. The van der Waals surface area contributed by atoms with E-state index < -0.39 is 10.1 Å². The van der Waals surface area contributed by atoms with Crippen LogP contribution in [0.2, 0.25) is 0 Å². The fourth-order valence-electron chi connectivity index (χ4n) is 0.545. The molecule has 0 N–H and O–H groups in total. The number of rotatable bonds is 0. The van der Waals surface area contributed by atoms with Crippen LogP contribution in [-0.4, -0.2) is 20.0 Å². The molecular weight excluding hydrogens is 147 g/mol. The van der Waals surface area contributed by atoms with Gasteiger partial charge >= 0.3 is 0 Å². The minimum atomic E-state index is -3.12. The lowest BCUT2D eigenvalue weighted by atomic mass is 10.5. The molecule has 8 heavy (non-hydrogen) atoms. The summed E-state index contributed by atoms with van der Waals surface area (Å²) >= 11 is 0. The first kappa shape index (κ1) is 6.46. The number of hydrogen-bond acceptors (Lipinski definition) is 3. The van der Waals surface area contributed by atoms with E-state index in [2.05, 4.69) is 13.4 Å². The van der Waals surface area contributed by atoms with Crippen molar-refractivity contribution in [3.8, 4) is 0 Å². The largest absolute Gasteiger partial charge is 0.268 e. The Hall–Kier alpha value is 0.340. The van der Waals surface area contributed by atoms with Crippen LogP contribution in [-0.2, 0) is 14.3 Å². The predicted molar refractivity (Wildman–Crippen MR) is 33.0 cm³/mol. The van der Waals surface area contributed by atoms with Crippen molar-refractivity contribution >= 4 is 19.4 Å². The van der Waals surface area contributed by atoms with Gasteiger partial charge in [0.1, 0.15) is 0 Å². The fraction of sp³-hybridized carbons (Fsp3) is 1.00. The standard InChI is InChI=1S/C3H7O3PS/c4-8(5)2-1-3(7)6-8/h3H,1-2,7H2. The zero-order valence-electron chi connectivity index (χ0n) is 4.20. The summed E-state index contributed by atoms with van der Waals surface area (Å²) in [5.41, 5.74) is 0. The summed E-state index contributed by atoms with van der Waals surface area (Å²) in [6.45, 7) is 0. The van der Waals surface area contributed by atoms with Crippen molar-refractivity contribution in [2.24, 2.45) is 0 Å². The molecule has 5 heteroatoms. The Labute approximate surface area is 50.7 Å². The summed E-state index contributed by atoms with van der Waals surface area (Å²) in [5.74, 6) is -0.0127. The van der Waals surface area contributed by atoms with Crippen molar-refractivity contribution in [3.63, 3.8) is 0 Å². The predicted octanol–water partition coefficient (Wildman–Crippen LogP) is -0.0623. The van der Waals surface area contributed by atoms with Gasteiger partial charge in [-0.1, -0.05) is 0 Å². The molecule has 0 radical (unpaired) electrons. The highest BCUT2D eigenvalue weighted by Crippen LogP contribution is 2.19. The molecule has 2 atom stereocenters. The molecule has 1 rings (SSSR count). The van der Waals surface area contributed by atoms with Crippen LogP contribution in [0.25, 0.3) is 0 Å². The van der Waals surface area contributed by atoms with Crippen LogP contribution in [0.4, 0.5) is 0 Å². The van der Waals surface area contributed by atoms with Crippen molar-refractivity contribution in [3.05, 3.63) is 0 Å². The van der Waals surface area contributed by atoms with E-state index in [0.29, 0.717) is 6.42 Å². The van der Waals surface area contributed by atoms with Gasteiger partial charge in [0.25, 0.3) is 10.1 Å². The van der Waals surface area contributed by atoms with E-state index in [-0.39, 0.29) is 11.6 Å². The first-order chi connectivity index (χ1) is 3.60. The lowest BCUT2D eigenvalue weighted by Gasteiger charge is -1.93. The Kier molecular flexibility index (Phi) is 1.56. The van der Waals surface area contributed by atoms with Gasteiger partial charge in [0.15, 0.2) is 0 Å². The van der Waals surface area contributed by atoms with E-state index in [4.69, 9.17) is 0 Å². The average Bonchev–Trinajstić information content (AvgIpc) is 1.82. The Morgan fingerprint density at radius 3 is 2.38 bits per heavy atom. The summed E-state index contributed by atoms with van der Waals surface area (Å²) in [6, 6.07) is 0. The first-order valence-electron chi connectivity index (χ1n) is 2.27. The minimum Gasteiger partial charge on any atom is -0.263 e. The van der Waals surface area contributed by atoms with E-state index in [1.165, 1.54) is 0 Å². The van der Waals surface area contributed by atoms with E-state index >= 15 is 0 Å². The molecule has 0 aromatic heterocycles. The maximum absolute atomic E-state index is 10.4. The van der Waals surface area contributed by atoms with Crippen LogP contribution in [0.3, 0.4) is 0 Å². The highest BCUT2D eigenvalue weighted by atomic mass is 32.2. The Morgan fingerprint density at radius 1 is 1.62 bits per heavy atom. The lowest BCUT2D eigenvalue weighted by molar-refractivity contribution is 0.323. The van der Waals surface area contributed by atoms with Gasteiger partial charge in [-0.3, -0.25) is 4.18 Å². The van der Waals surface area contributed by atoms with Crippen LogP contribution >= 0.6 is 9.24 Å². The van der Waals surface area contributed by atoms with Crippen LogP contribution in [0, 0.1) is 0 Å². The molecule has 2 unspecified atom stereocenters. The summed E-state index contributed by atoms with van der Waals surface area (Å²) in [5, 5.41) is 0. The Bertz CT molecular complexity index is 173. The van der Waals surface area contributed by atoms with E-state index in [0.717, 1.165) is 0 Å². The van der Waals surface area contributed by atoms with Crippen molar-refractivity contribution in [1.29, 1.82) is 0 Å². The van der Waals surface area contributed by atoms with Gasteiger partial charge in [0.05, 0.1) is 11.6 Å². The third-order valence-corrected chi connectivity index (χ3v) is 2.87. The van der Waals surface area contributed by atoms with Crippen molar-refractivity contribution < 1.29 is 12.6 Å². The van der Waals surface area contributed by atoms with Crippen molar-refractivity contribution in [1.82, 2.24) is 0 Å². The molecular formula is C3H7O3PS. The van der Waals surface area contributed by atoms with E-state index in [1.807, 2.05) is 0 Å². The molecule has 0 saturated carbocycles. The van der Waals surface area contributed by atoms with Gasteiger partial charge in [0.2, 0.25) is 0 Å². The molecule has 0 amide bonds. The van der Waals surface area contributed by atoms with Crippen LogP contribution in [0.5, 0.6) is 0 Å². The molecule has 0 aromatic carbocycles. The molecule has 1 fully saturated rings. The third-order valence-electron chi connectivity index (χ3n) is 0.923. The zero-order chi connectivity index (χ0) is 6.20. The molecule has 1 aliphatic rings. The van der Waals surface area contributed by atoms with Crippen molar-refractivity contribution in [2.45, 2.75) is 12.3 Å². The van der Waals surface area contributed by atoms with E-state index in [9.17, 15) is 8.42 Å². The van der Waals surface area contributed by atoms with Crippen LogP contribution in [0.15, 0.2) is 0 Å².